The Morgan fingerprint density at radius 1 is 1.40 bits per heavy atom. The highest BCUT2D eigenvalue weighted by Gasteiger charge is 2.30. The number of carboxylic acids is 1. The van der Waals surface area contributed by atoms with Gasteiger partial charge in [0.15, 0.2) is 5.03 Å². The van der Waals surface area contributed by atoms with Gasteiger partial charge in [0, 0.05) is 26.4 Å². The number of aromatic nitrogens is 1. The van der Waals surface area contributed by atoms with Crippen molar-refractivity contribution in [2.75, 3.05) is 20.2 Å². The lowest BCUT2D eigenvalue weighted by molar-refractivity contribution is 0.0603. The number of pyridine rings is 1. The van der Waals surface area contributed by atoms with Gasteiger partial charge in [0.25, 0.3) is 10.0 Å². The zero-order valence-corrected chi connectivity index (χ0v) is 11.8. The van der Waals surface area contributed by atoms with Gasteiger partial charge in [-0.3, -0.25) is 0 Å². The third-order valence-corrected chi connectivity index (χ3v) is 5.14. The van der Waals surface area contributed by atoms with Crippen molar-refractivity contribution >= 4 is 16.0 Å². The number of rotatable bonds is 4. The first-order valence-corrected chi connectivity index (χ1v) is 7.61. The third kappa shape index (κ3) is 2.97. The van der Waals surface area contributed by atoms with Crippen LogP contribution in [0.3, 0.4) is 0 Å². The van der Waals surface area contributed by atoms with Crippen LogP contribution in [0.1, 0.15) is 23.2 Å². The summed E-state index contributed by atoms with van der Waals surface area (Å²) >= 11 is 0. The quantitative estimate of drug-likeness (QED) is 0.873. The number of hydrogen-bond donors (Lipinski definition) is 1. The van der Waals surface area contributed by atoms with Crippen LogP contribution in [-0.2, 0) is 14.8 Å². The molecule has 0 aliphatic carbocycles. The first-order valence-electron chi connectivity index (χ1n) is 6.17. The zero-order chi connectivity index (χ0) is 14.8. The number of sulfonamides is 1. The second-order valence-electron chi connectivity index (χ2n) is 4.53. The molecule has 1 N–H and O–H groups in total. The van der Waals surface area contributed by atoms with E-state index in [4.69, 9.17) is 9.84 Å². The standard InChI is InChI=1S/C12H16N2O5S/c1-19-10-4-6-14(7-5-10)20(17,18)11-3-2-9(8-13-11)12(15)16/h2-3,8,10H,4-7H2,1H3,(H,15,16). The monoisotopic (exact) mass is 300 g/mol. The number of aromatic carboxylic acids is 1. The molecule has 0 amide bonds. The molecule has 1 fully saturated rings. The number of ether oxygens (including phenoxy) is 1. The first-order chi connectivity index (χ1) is 9.45. The normalized spacial score (nSPS) is 18.1. The smallest absolute Gasteiger partial charge is 0.337 e. The SMILES string of the molecule is COC1CCN(S(=O)(=O)c2ccc(C(=O)O)cn2)CC1. The summed E-state index contributed by atoms with van der Waals surface area (Å²) in [5.41, 5.74) is -0.0398. The average molecular weight is 300 g/mol. The number of hydrogen-bond acceptors (Lipinski definition) is 5. The van der Waals surface area contributed by atoms with Crippen molar-refractivity contribution in [2.45, 2.75) is 24.0 Å². The van der Waals surface area contributed by atoms with Crippen molar-refractivity contribution < 1.29 is 23.1 Å². The van der Waals surface area contributed by atoms with E-state index in [0.29, 0.717) is 25.9 Å². The molecule has 7 nitrogen and oxygen atoms in total. The molecule has 20 heavy (non-hydrogen) atoms. The van der Waals surface area contributed by atoms with Gasteiger partial charge in [-0.2, -0.15) is 4.31 Å². The van der Waals surface area contributed by atoms with E-state index in [1.54, 1.807) is 7.11 Å². The molecule has 0 atom stereocenters. The first kappa shape index (κ1) is 14.9. The molecule has 0 spiro atoms. The fourth-order valence-electron chi connectivity index (χ4n) is 2.10. The van der Waals surface area contributed by atoms with Crippen molar-refractivity contribution in [3.8, 4) is 0 Å². The van der Waals surface area contributed by atoms with Crippen LogP contribution >= 0.6 is 0 Å². The second kappa shape index (κ2) is 5.86. The van der Waals surface area contributed by atoms with E-state index < -0.39 is 16.0 Å². The Balaban J connectivity index is 2.16. The average Bonchev–Trinajstić information content (AvgIpc) is 2.47. The van der Waals surface area contributed by atoms with Gasteiger partial charge in [-0.25, -0.2) is 18.2 Å². The predicted octanol–water partition coefficient (Wildman–Crippen LogP) is 0.579. The largest absolute Gasteiger partial charge is 0.478 e. The van der Waals surface area contributed by atoms with Gasteiger partial charge < -0.3 is 9.84 Å². The molecular weight excluding hydrogens is 284 g/mol. The fourth-order valence-corrected chi connectivity index (χ4v) is 3.48. The number of methoxy groups -OCH3 is 1. The van der Waals surface area contributed by atoms with Gasteiger partial charge in [-0.1, -0.05) is 0 Å². The Morgan fingerprint density at radius 3 is 2.50 bits per heavy atom. The van der Waals surface area contributed by atoms with Crippen LogP contribution in [0.2, 0.25) is 0 Å². The van der Waals surface area contributed by atoms with E-state index in [0.717, 1.165) is 6.20 Å². The molecule has 0 radical (unpaired) electrons. The molecule has 1 aliphatic rings. The van der Waals surface area contributed by atoms with E-state index in [9.17, 15) is 13.2 Å². The van der Waals surface area contributed by atoms with Gasteiger partial charge in [0.1, 0.15) is 0 Å². The van der Waals surface area contributed by atoms with Gasteiger partial charge in [-0.15, -0.1) is 0 Å². The van der Waals surface area contributed by atoms with E-state index in [2.05, 4.69) is 4.98 Å². The Hall–Kier alpha value is -1.51. The molecule has 1 aliphatic heterocycles. The minimum Gasteiger partial charge on any atom is -0.478 e. The highest BCUT2D eigenvalue weighted by atomic mass is 32.2. The summed E-state index contributed by atoms with van der Waals surface area (Å²) in [7, 11) is -2.05. The summed E-state index contributed by atoms with van der Waals surface area (Å²) in [4.78, 5) is 14.5. The number of carbonyl (C=O) groups is 1. The van der Waals surface area contributed by atoms with Crippen LogP contribution < -0.4 is 0 Å². The zero-order valence-electron chi connectivity index (χ0n) is 11.0. The summed E-state index contributed by atoms with van der Waals surface area (Å²) in [6.45, 7) is 0.756. The van der Waals surface area contributed by atoms with E-state index in [-0.39, 0.29) is 16.7 Å². The molecule has 110 valence electrons. The molecule has 1 aromatic rings. The maximum Gasteiger partial charge on any atom is 0.337 e. The minimum absolute atomic E-state index is 0.0398. The number of carboxylic acid groups (broad SMARTS) is 1. The summed E-state index contributed by atoms with van der Waals surface area (Å²) in [5, 5.41) is 8.64. The fraction of sp³-hybridized carbons (Fsp3) is 0.500. The lowest BCUT2D eigenvalue weighted by Gasteiger charge is -2.30. The maximum absolute atomic E-state index is 12.3. The van der Waals surface area contributed by atoms with Crippen LogP contribution in [0.25, 0.3) is 0 Å². The minimum atomic E-state index is -3.66. The summed E-state index contributed by atoms with van der Waals surface area (Å²) in [6, 6.07) is 2.46. The van der Waals surface area contributed by atoms with Crippen molar-refractivity contribution in [1.82, 2.24) is 9.29 Å². The lowest BCUT2D eigenvalue weighted by atomic mass is 10.1. The van der Waals surface area contributed by atoms with Gasteiger partial charge in [-0.05, 0) is 25.0 Å². The molecule has 0 saturated carbocycles. The van der Waals surface area contributed by atoms with Crippen LogP contribution in [-0.4, -0.2) is 55.1 Å². The molecule has 1 saturated heterocycles. The molecule has 8 heteroatoms. The number of nitrogens with zero attached hydrogens (tertiary/aromatic N) is 2. The topological polar surface area (TPSA) is 96.8 Å². The van der Waals surface area contributed by atoms with Gasteiger partial charge in [0.05, 0.1) is 11.7 Å². The summed E-state index contributed by atoms with van der Waals surface area (Å²) in [6.07, 6.45) is 2.42. The summed E-state index contributed by atoms with van der Waals surface area (Å²) in [5.74, 6) is -1.14. The lowest BCUT2D eigenvalue weighted by Crippen LogP contribution is -2.40. The highest BCUT2D eigenvalue weighted by Crippen LogP contribution is 2.20. The Bertz CT molecular complexity index is 576. The van der Waals surface area contributed by atoms with Crippen molar-refractivity contribution in [3.63, 3.8) is 0 Å². The highest BCUT2D eigenvalue weighted by molar-refractivity contribution is 7.89. The predicted molar refractivity (Wildman–Crippen MR) is 70.0 cm³/mol. The third-order valence-electron chi connectivity index (χ3n) is 3.32. The Labute approximate surface area is 117 Å². The van der Waals surface area contributed by atoms with E-state index in [1.807, 2.05) is 0 Å². The molecular formula is C12H16N2O5S. The second-order valence-corrected chi connectivity index (χ2v) is 6.41. The maximum atomic E-state index is 12.3. The van der Waals surface area contributed by atoms with E-state index in [1.165, 1.54) is 16.4 Å². The Morgan fingerprint density at radius 2 is 2.05 bits per heavy atom. The molecule has 2 heterocycles. The van der Waals surface area contributed by atoms with Crippen LogP contribution in [0.4, 0.5) is 0 Å². The summed E-state index contributed by atoms with van der Waals surface area (Å²) < 4.78 is 31.2. The molecule has 0 aromatic carbocycles. The van der Waals surface area contributed by atoms with Crippen LogP contribution in [0.15, 0.2) is 23.4 Å². The van der Waals surface area contributed by atoms with Crippen molar-refractivity contribution in [3.05, 3.63) is 23.9 Å². The van der Waals surface area contributed by atoms with Crippen LogP contribution in [0, 0.1) is 0 Å². The van der Waals surface area contributed by atoms with Crippen molar-refractivity contribution in [2.24, 2.45) is 0 Å². The molecule has 0 unspecified atom stereocenters. The van der Waals surface area contributed by atoms with Crippen LogP contribution in [0.5, 0.6) is 0 Å². The molecule has 0 bridgehead atoms. The Kier molecular flexibility index (Phi) is 4.36. The van der Waals surface area contributed by atoms with Gasteiger partial charge >= 0.3 is 5.97 Å². The number of piperidine rings is 1. The molecule has 2 rings (SSSR count). The molecule has 1 aromatic heterocycles. The van der Waals surface area contributed by atoms with E-state index >= 15 is 0 Å². The van der Waals surface area contributed by atoms with Gasteiger partial charge in [0.2, 0.25) is 0 Å². The van der Waals surface area contributed by atoms with Crippen molar-refractivity contribution in [1.29, 1.82) is 0 Å².